The SMILES string of the molecule is O=S(=O)(NCc1ncon1)N1CCCC(CO)C1. The van der Waals surface area contributed by atoms with E-state index in [0.717, 1.165) is 19.2 Å². The molecule has 2 heterocycles. The smallest absolute Gasteiger partial charge is 0.279 e. The fourth-order valence-corrected chi connectivity index (χ4v) is 3.18. The molecule has 1 aliphatic rings. The van der Waals surface area contributed by atoms with Crippen LogP contribution in [0.25, 0.3) is 0 Å². The molecule has 1 aromatic heterocycles. The lowest BCUT2D eigenvalue weighted by molar-refractivity contribution is 0.164. The Morgan fingerprint density at radius 3 is 3.11 bits per heavy atom. The van der Waals surface area contributed by atoms with Crippen LogP contribution in [0.3, 0.4) is 0 Å². The Hall–Kier alpha value is -1.03. The molecule has 18 heavy (non-hydrogen) atoms. The summed E-state index contributed by atoms with van der Waals surface area (Å²) in [6, 6.07) is 0. The van der Waals surface area contributed by atoms with Crippen molar-refractivity contribution in [2.75, 3.05) is 19.7 Å². The number of piperidine rings is 1. The normalized spacial score (nSPS) is 22.2. The molecule has 1 aromatic rings. The van der Waals surface area contributed by atoms with Gasteiger partial charge in [-0.1, -0.05) is 5.16 Å². The highest BCUT2D eigenvalue weighted by Crippen LogP contribution is 2.17. The third-order valence-corrected chi connectivity index (χ3v) is 4.42. The number of aromatic nitrogens is 2. The topological polar surface area (TPSA) is 109 Å². The summed E-state index contributed by atoms with van der Waals surface area (Å²) in [5, 5.41) is 12.6. The van der Waals surface area contributed by atoms with Gasteiger partial charge >= 0.3 is 0 Å². The quantitative estimate of drug-likeness (QED) is 0.722. The molecule has 0 amide bonds. The van der Waals surface area contributed by atoms with Gasteiger partial charge in [-0.25, -0.2) is 0 Å². The van der Waals surface area contributed by atoms with Gasteiger partial charge in [0, 0.05) is 19.7 Å². The van der Waals surface area contributed by atoms with Gasteiger partial charge in [0.15, 0.2) is 5.82 Å². The third kappa shape index (κ3) is 3.25. The van der Waals surface area contributed by atoms with E-state index in [1.165, 1.54) is 4.31 Å². The molecule has 1 fully saturated rings. The number of aliphatic hydroxyl groups is 1. The lowest BCUT2D eigenvalue weighted by Gasteiger charge is -2.30. The zero-order valence-electron chi connectivity index (χ0n) is 9.82. The van der Waals surface area contributed by atoms with Crippen molar-refractivity contribution in [1.29, 1.82) is 0 Å². The summed E-state index contributed by atoms with van der Waals surface area (Å²) in [5.74, 6) is 0.301. The Morgan fingerprint density at radius 2 is 2.44 bits per heavy atom. The minimum absolute atomic E-state index is 0.000868. The number of aliphatic hydroxyl groups excluding tert-OH is 1. The van der Waals surface area contributed by atoms with Gasteiger partial charge in [0.1, 0.15) is 0 Å². The number of nitrogens with one attached hydrogen (secondary N) is 1. The fraction of sp³-hybridized carbons (Fsp3) is 0.778. The van der Waals surface area contributed by atoms with E-state index in [-0.39, 0.29) is 24.9 Å². The molecule has 0 spiro atoms. The van der Waals surface area contributed by atoms with Crippen LogP contribution < -0.4 is 4.72 Å². The van der Waals surface area contributed by atoms with Gasteiger partial charge in [-0.05, 0) is 18.8 Å². The van der Waals surface area contributed by atoms with Crippen molar-refractivity contribution in [2.24, 2.45) is 5.92 Å². The highest BCUT2D eigenvalue weighted by molar-refractivity contribution is 7.87. The van der Waals surface area contributed by atoms with Gasteiger partial charge < -0.3 is 9.63 Å². The lowest BCUT2D eigenvalue weighted by atomic mass is 10.0. The summed E-state index contributed by atoms with van der Waals surface area (Å²) in [7, 11) is -3.55. The van der Waals surface area contributed by atoms with Gasteiger partial charge in [0.2, 0.25) is 6.39 Å². The van der Waals surface area contributed by atoms with Crippen molar-refractivity contribution in [3.8, 4) is 0 Å². The van der Waals surface area contributed by atoms with Crippen molar-refractivity contribution in [3.63, 3.8) is 0 Å². The van der Waals surface area contributed by atoms with E-state index in [1.807, 2.05) is 0 Å². The molecule has 1 saturated heterocycles. The van der Waals surface area contributed by atoms with Crippen LogP contribution in [0.15, 0.2) is 10.9 Å². The average Bonchev–Trinajstić information content (AvgIpc) is 2.90. The molecule has 0 aromatic carbocycles. The molecule has 2 N–H and O–H groups in total. The molecule has 9 heteroatoms. The van der Waals surface area contributed by atoms with Crippen LogP contribution in [0, 0.1) is 5.92 Å². The van der Waals surface area contributed by atoms with Crippen molar-refractivity contribution in [2.45, 2.75) is 19.4 Å². The van der Waals surface area contributed by atoms with Gasteiger partial charge in [-0.15, -0.1) is 0 Å². The van der Waals surface area contributed by atoms with Gasteiger partial charge in [0.25, 0.3) is 10.2 Å². The van der Waals surface area contributed by atoms with Crippen LogP contribution >= 0.6 is 0 Å². The summed E-state index contributed by atoms with van der Waals surface area (Å²) in [4.78, 5) is 3.73. The lowest BCUT2D eigenvalue weighted by Crippen LogP contribution is -2.46. The maximum absolute atomic E-state index is 12.0. The largest absolute Gasteiger partial charge is 0.396 e. The van der Waals surface area contributed by atoms with E-state index in [9.17, 15) is 8.42 Å². The zero-order chi connectivity index (χ0) is 13.0. The summed E-state index contributed by atoms with van der Waals surface area (Å²) < 4.78 is 32.2. The number of hydrogen-bond donors (Lipinski definition) is 2. The van der Waals surface area contributed by atoms with E-state index < -0.39 is 10.2 Å². The van der Waals surface area contributed by atoms with Crippen molar-refractivity contribution < 1.29 is 18.0 Å². The predicted molar refractivity (Wildman–Crippen MR) is 61.4 cm³/mol. The van der Waals surface area contributed by atoms with Gasteiger partial charge in [-0.2, -0.15) is 22.4 Å². The zero-order valence-corrected chi connectivity index (χ0v) is 10.6. The van der Waals surface area contributed by atoms with Crippen molar-refractivity contribution in [3.05, 3.63) is 12.2 Å². The fourth-order valence-electron chi connectivity index (χ4n) is 1.91. The first-order chi connectivity index (χ1) is 8.62. The van der Waals surface area contributed by atoms with Crippen molar-refractivity contribution in [1.82, 2.24) is 19.2 Å². The van der Waals surface area contributed by atoms with Crippen LogP contribution in [-0.4, -0.2) is 47.7 Å². The first-order valence-electron chi connectivity index (χ1n) is 5.72. The minimum atomic E-state index is -3.55. The molecule has 2 rings (SSSR count). The third-order valence-electron chi connectivity index (χ3n) is 2.90. The maximum Gasteiger partial charge on any atom is 0.279 e. The summed E-state index contributed by atoms with van der Waals surface area (Å²) >= 11 is 0. The van der Waals surface area contributed by atoms with Crippen LogP contribution in [0.1, 0.15) is 18.7 Å². The van der Waals surface area contributed by atoms with Crippen LogP contribution in [-0.2, 0) is 16.8 Å². The summed E-state index contributed by atoms with van der Waals surface area (Å²) in [5.41, 5.74) is 0. The van der Waals surface area contributed by atoms with E-state index in [2.05, 4.69) is 19.4 Å². The average molecular weight is 276 g/mol. The molecule has 0 aliphatic carbocycles. The second kappa shape index (κ2) is 5.74. The van der Waals surface area contributed by atoms with E-state index in [1.54, 1.807) is 0 Å². The van der Waals surface area contributed by atoms with Gasteiger partial charge in [-0.3, -0.25) is 0 Å². The molecule has 0 radical (unpaired) electrons. The number of hydrogen-bond acceptors (Lipinski definition) is 6. The van der Waals surface area contributed by atoms with Crippen molar-refractivity contribution >= 4 is 10.2 Å². The van der Waals surface area contributed by atoms with Crippen LogP contribution in [0.2, 0.25) is 0 Å². The molecule has 1 unspecified atom stereocenters. The van der Waals surface area contributed by atoms with Crippen LogP contribution in [0.4, 0.5) is 0 Å². The second-order valence-electron chi connectivity index (χ2n) is 4.22. The standard InChI is InChI=1S/C9H16N4O4S/c14-6-8-2-1-3-13(5-8)18(15,16)11-4-9-10-7-17-12-9/h7-8,11,14H,1-6H2. The van der Waals surface area contributed by atoms with Crippen LogP contribution in [0.5, 0.6) is 0 Å². The van der Waals surface area contributed by atoms with Gasteiger partial charge in [0.05, 0.1) is 6.54 Å². The highest BCUT2D eigenvalue weighted by Gasteiger charge is 2.28. The predicted octanol–water partition coefficient (Wildman–Crippen LogP) is -0.892. The second-order valence-corrected chi connectivity index (χ2v) is 5.98. The minimum Gasteiger partial charge on any atom is -0.396 e. The van der Waals surface area contributed by atoms with E-state index in [0.29, 0.717) is 13.1 Å². The Kier molecular flexibility index (Phi) is 4.27. The molecule has 8 nitrogen and oxygen atoms in total. The number of nitrogens with zero attached hydrogens (tertiary/aromatic N) is 3. The molecule has 102 valence electrons. The summed E-state index contributed by atoms with van der Waals surface area (Å²) in [6.07, 6.45) is 2.76. The molecular formula is C9H16N4O4S. The molecular weight excluding hydrogens is 260 g/mol. The number of rotatable bonds is 5. The monoisotopic (exact) mass is 276 g/mol. The van der Waals surface area contributed by atoms with E-state index in [4.69, 9.17) is 5.11 Å². The first-order valence-corrected chi connectivity index (χ1v) is 7.16. The Bertz CT molecular complexity index is 461. The molecule has 0 saturated carbocycles. The Morgan fingerprint density at radius 1 is 1.61 bits per heavy atom. The Labute approximate surface area is 105 Å². The molecule has 1 atom stereocenters. The maximum atomic E-state index is 12.0. The molecule has 0 bridgehead atoms. The highest BCUT2D eigenvalue weighted by atomic mass is 32.2. The van der Waals surface area contributed by atoms with E-state index >= 15 is 0 Å². The first kappa shape index (κ1) is 13.4. The summed E-state index contributed by atoms with van der Waals surface area (Å²) in [6.45, 7) is 0.826. The molecule has 1 aliphatic heterocycles. The Balaban J connectivity index is 1.93.